The van der Waals surface area contributed by atoms with Crippen LogP contribution in [0.15, 0.2) is 35.2 Å². The van der Waals surface area contributed by atoms with E-state index in [1.165, 1.54) is 16.8 Å². The lowest BCUT2D eigenvalue weighted by Crippen LogP contribution is -2.49. The van der Waals surface area contributed by atoms with Crippen LogP contribution in [-0.4, -0.2) is 52.1 Å². The Labute approximate surface area is 180 Å². The first-order valence-electron chi connectivity index (χ1n) is 10.5. The zero-order valence-corrected chi connectivity index (χ0v) is 19.4. The van der Waals surface area contributed by atoms with Gasteiger partial charge in [0.2, 0.25) is 10.0 Å². The number of hydrogen-bond acceptors (Lipinski definition) is 5. The van der Waals surface area contributed by atoms with E-state index in [4.69, 9.17) is 9.47 Å². The fraction of sp³-hybridized carbons (Fsp3) is 0.478. The summed E-state index contributed by atoms with van der Waals surface area (Å²) in [5.41, 5.74) is 4.49. The Bertz CT molecular complexity index is 976. The van der Waals surface area contributed by atoms with Gasteiger partial charge in [0.15, 0.2) is 0 Å². The van der Waals surface area contributed by atoms with Gasteiger partial charge >= 0.3 is 0 Å². The fourth-order valence-electron chi connectivity index (χ4n) is 4.02. The van der Waals surface area contributed by atoms with Gasteiger partial charge in [-0.2, -0.15) is 4.31 Å². The predicted molar refractivity (Wildman–Crippen MR) is 120 cm³/mol. The minimum Gasteiger partial charge on any atom is -0.494 e. The van der Waals surface area contributed by atoms with E-state index in [-0.39, 0.29) is 4.90 Å². The number of para-hydroxylation sites is 1. The van der Waals surface area contributed by atoms with Gasteiger partial charge in [-0.05, 0) is 57.4 Å². The summed E-state index contributed by atoms with van der Waals surface area (Å²) >= 11 is 0. The third-order valence-corrected chi connectivity index (χ3v) is 7.37. The maximum atomic E-state index is 13.5. The summed E-state index contributed by atoms with van der Waals surface area (Å²) in [6.45, 7) is 12.9. The third kappa shape index (κ3) is 4.42. The molecular weight excluding hydrogens is 400 g/mol. The highest BCUT2D eigenvalue weighted by Crippen LogP contribution is 2.35. The number of nitrogens with zero attached hydrogens (tertiary/aromatic N) is 2. The van der Waals surface area contributed by atoms with Gasteiger partial charge in [-0.1, -0.05) is 18.2 Å². The molecule has 2 aromatic carbocycles. The number of anilines is 1. The van der Waals surface area contributed by atoms with Crippen LogP contribution in [0.1, 0.15) is 30.5 Å². The first kappa shape index (κ1) is 22.4. The number of sulfonamides is 1. The van der Waals surface area contributed by atoms with E-state index < -0.39 is 10.0 Å². The second-order valence-electron chi connectivity index (χ2n) is 7.56. The Kier molecular flexibility index (Phi) is 6.93. The number of piperazine rings is 1. The van der Waals surface area contributed by atoms with E-state index in [2.05, 4.69) is 36.9 Å². The van der Waals surface area contributed by atoms with E-state index in [1.54, 1.807) is 16.4 Å². The van der Waals surface area contributed by atoms with Gasteiger partial charge in [-0.15, -0.1) is 0 Å². The van der Waals surface area contributed by atoms with Crippen LogP contribution in [0.5, 0.6) is 11.5 Å². The van der Waals surface area contributed by atoms with E-state index in [1.807, 2.05) is 20.8 Å². The topological polar surface area (TPSA) is 59.1 Å². The Hall–Kier alpha value is -2.25. The summed E-state index contributed by atoms with van der Waals surface area (Å²) in [5, 5.41) is 0. The normalized spacial score (nSPS) is 15.3. The van der Waals surface area contributed by atoms with Crippen LogP contribution < -0.4 is 14.4 Å². The standard InChI is InChI=1S/C23H32N2O4S/c1-6-28-20-16-22(21(29-7-2)15-19(20)5)30(26,27)25-13-11-24(12-14-25)23-17(3)9-8-10-18(23)4/h8-10,15-16H,6-7,11-14H2,1-5H3. The monoisotopic (exact) mass is 432 g/mol. The first-order chi connectivity index (χ1) is 14.3. The van der Waals surface area contributed by atoms with E-state index in [0.29, 0.717) is 50.9 Å². The Morgan fingerprint density at radius 2 is 1.40 bits per heavy atom. The average Bonchev–Trinajstić information content (AvgIpc) is 2.70. The Morgan fingerprint density at radius 3 is 1.97 bits per heavy atom. The average molecular weight is 433 g/mol. The molecule has 164 valence electrons. The summed E-state index contributed by atoms with van der Waals surface area (Å²) in [4.78, 5) is 2.46. The molecule has 1 aliphatic heterocycles. The molecule has 0 spiro atoms. The molecule has 1 heterocycles. The maximum absolute atomic E-state index is 13.5. The van der Waals surface area contributed by atoms with Crippen LogP contribution >= 0.6 is 0 Å². The maximum Gasteiger partial charge on any atom is 0.247 e. The molecule has 7 heteroatoms. The highest BCUT2D eigenvalue weighted by molar-refractivity contribution is 7.89. The van der Waals surface area contributed by atoms with Crippen molar-refractivity contribution in [2.24, 2.45) is 0 Å². The smallest absolute Gasteiger partial charge is 0.247 e. The molecule has 0 amide bonds. The number of aryl methyl sites for hydroxylation is 3. The lowest BCUT2D eigenvalue weighted by atomic mass is 10.1. The molecule has 1 aliphatic rings. The quantitative estimate of drug-likeness (QED) is 0.664. The summed E-state index contributed by atoms with van der Waals surface area (Å²) in [5.74, 6) is 0.962. The zero-order chi connectivity index (χ0) is 21.9. The van der Waals surface area contributed by atoms with Crippen molar-refractivity contribution in [3.8, 4) is 11.5 Å². The number of benzene rings is 2. The lowest BCUT2D eigenvalue weighted by Gasteiger charge is -2.37. The van der Waals surface area contributed by atoms with Crippen molar-refractivity contribution >= 4 is 15.7 Å². The van der Waals surface area contributed by atoms with Crippen LogP contribution in [0.3, 0.4) is 0 Å². The van der Waals surface area contributed by atoms with E-state index in [9.17, 15) is 8.42 Å². The zero-order valence-electron chi connectivity index (χ0n) is 18.6. The molecule has 3 rings (SSSR count). The largest absolute Gasteiger partial charge is 0.494 e. The van der Waals surface area contributed by atoms with Crippen LogP contribution in [0.25, 0.3) is 0 Å². The predicted octanol–water partition coefficient (Wildman–Crippen LogP) is 3.92. The molecule has 0 N–H and O–H groups in total. The van der Waals surface area contributed by atoms with Gasteiger partial charge in [0.25, 0.3) is 0 Å². The van der Waals surface area contributed by atoms with Gasteiger partial charge in [0, 0.05) is 37.9 Å². The number of hydrogen-bond donors (Lipinski definition) is 0. The van der Waals surface area contributed by atoms with Gasteiger partial charge in [-0.3, -0.25) is 0 Å². The van der Waals surface area contributed by atoms with Crippen molar-refractivity contribution in [2.75, 3.05) is 44.3 Å². The SMILES string of the molecule is CCOc1cc(S(=O)(=O)N2CCN(c3c(C)cccc3C)CC2)c(OCC)cc1C. The molecule has 30 heavy (non-hydrogen) atoms. The highest BCUT2D eigenvalue weighted by atomic mass is 32.2. The second-order valence-corrected chi connectivity index (χ2v) is 9.47. The molecule has 0 aromatic heterocycles. The molecule has 0 atom stereocenters. The minimum absolute atomic E-state index is 0.180. The summed E-state index contributed by atoms with van der Waals surface area (Å²) in [6, 6.07) is 9.62. The molecule has 0 radical (unpaired) electrons. The van der Waals surface area contributed by atoms with Crippen molar-refractivity contribution in [3.05, 3.63) is 47.0 Å². The molecule has 0 saturated carbocycles. The van der Waals surface area contributed by atoms with Crippen LogP contribution in [0.2, 0.25) is 0 Å². The van der Waals surface area contributed by atoms with Crippen molar-refractivity contribution in [3.63, 3.8) is 0 Å². The van der Waals surface area contributed by atoms with Crippen molar-refractivity contribution in [1.29, 1.82) is 0 Å². The second kappa shape index (κ2) is 9.27. The molecule has 2 aromatic rings. The van der Waals surface area contributed by atoms with E-state index in [0.717, 1.165) is 5.56 Å². The van der Waals surface area contributed by atoms with Gasteiger partial charge in [0.1, 0.15) is 16.4 Å². The lowest BCUT2D eigenvalue weighted by molar-refractivity contribution is 0.318. The first-order valence-corrected chi connectivity index (χ1v) is 11.9. The Morgan fingerprint density at radius 1 is 0.833 bits per heavy atom. The van der Waals surface area contributed by atoms with Crippen LogP contribution in [0, 0.1) is 20.8 Å². The number of rotatable bonds is 7. The van der Waals surface area contributed by atoms with E-state index >= 15 is 0 Å². The van der Waals surface area contributed by atoms with Crippen LogP contribution in [-0.2, 0) is 10.0 Å². The molecular formula is C23H32N2O4S. The molecule has 0 unspecified atom stereocenters. The molecule has 0 bridgehead atoms. The highest BCUT2D eigenvalue weighted by Gasteiger charge is 2.32. The van der Waals surface area contributed by atoms with Crippen LogP contribution in [0.4, 0.5) is 5.69 Å². The summed E-state index contributed by atoms with van der Waals surface area (Å²) < 4.78 is 39.9. The third-order valence-electron chi connectivity index (χ3n) is 5.45. The van der Waals surface area contributed by atoms with Gasteiger partial charge < -0.3 is 14.4 Å². The van der Waals surface area contributed by atoms with Crippen molar-refractivity contribution in [1.82, 2.24) is 4.31 Å². The van der Waals surface area contributed by atoms with Gasteiger partial charge in [0.05, 0.1) is 13.2 Å². The molecule has 0 aliphatic carbocycles. The Balaban J connectivity index is 1.87. The fourth-order valence-corrected chi connectivity index (χ4v) is 5.57. The van der Waals surface area contributed by atoms with Crippen molar-refractivity contribution < 1.29 is 17.9 Å². The molecule has 1 fully saturated rings. The molecule has 1 saturated heterocycles. The number of ether oxygens (including phenoxy) is 2. The summed E-state index contributed by atoms with van der Waals surface area (Å²) in [7, 11) is -3.70. The van der Waals surface area contributed by atoms with Crippen molar-refractivity contribution in [2.45, 2.75) is 39.5 Å². The summed E-state index contributed by atoms with van der Waals surface area (Å²) in [6.07, 6.45) is 0. The van der Waals surface area contributed by atoms with Gasteiger partial charge in [-0.25, -0.2) is 8.42 Å². The minimum atomic E-state index is -3.70. The molecule has 6 nitrogen and oxygen atoms in total.